The maximum atomic E-state index is 11.5. The van der Waals surface area contributed by atoms with Crippen LogP contribution in [0.5, 0.6) is 5.75 Å². The van der Waals surface area contributed by atoms with Crippen molar-refractivity contribution < 1.29 is 19.1 Å². The lowest BCUT2D eigenvalue weighted by molar-refractivity contribution is -0.132. The number of benzene rings is 1. The molecule has 0 N–H and O–H groups in total. The van der Waals surface area contributed by atoms with Gasteiger partial charge in [0.1, 0.15) is 0 Å². The molecule has 0 aromatic heterocycles. The fourth-order valence-corrected chi connectivity index (χ4v) is 3.61. The largest absolute Gasteiger partial charge is 0.424 e. The summed E-state index contributed by atoms with van der Waals surface area (Å²) in [5.74, 6) is 0.0276. The number of esters is 2. The summed E-state index contributed by atoms with van der Waals surface area (Å²) < 4.78 is 11.6. The molecule has 0 unspecified atom stereocenters. The third-order valence-electron chi connectivity index (χ3n) is 2.30. The van der Waals surface area contributed by atoms with Crippen molar-refractivity contribution in [2.45, 2.75) is 13.8 Å². The quantitative estimate of drug-likeness (QED) is 0.273. The molecule has 7 heteroatoms. The Hall–Kier alpha value is -0.970. The minimum atomic E-state index is -0.462. The van der Waals surface area contributed by atoms with Crippen molar-refractivity contribution in [3.63, 3.8) is 0 Å². The number of halogens is 2. The topological polar surface area (TPSA) is 65.0 Å². The molecule has 0 spiro atoms. The van der Waals surface area contributed by atoms with Gasteiger partial charge in [0.25, 0.3) is 0 Å². The van der Waals surface area contributed by atoms with E-state index in [2.05, 4.69) is 50.2 Å². The molecule has 0 amide bonds. The Bertz CT molecular complexity index is 641. The highest BCUT2D eigenvalue weighted by molar-refractivity contribution is 14.1. The van der Waals surface area contributed by atoms with Gasteiger partial charge < -0.3 is 9.47 Å². The van der Waals surface area contributed by atoms with Crippen LogP contribution < -0.4 is 4.74 Å². The molecule has 0 radical (unpaired) electrons. The summed E-state index contributed by atoms with van der Waals surface area (Å²) in [7, 11) is 0. The molecular weight excluding hydrogens is 488 g/mol. The van der Waals surface area contributed by atoms with Gasteiger partial charge in [-0.25, -0.2) is 9.79 Å². The zero-order chi connectivity index (χ0) is 14.9. The average Bonchev–Trinajstić information content (AvgIpc) is 2.62. The normalized spacial score (nSPS) is 16.1. The number of hydrogen-bond donors (Lipinski definition) is 0. The van der Waals surface area contributed by atoms with Crippen LogP contribution in [0.25, 0.3) is 6.08 Å². The SMILES string of the molecule is CC(=O)Oc1c(I)cc(C=C2N=C(C)OC2=O)cc1I. The van der Waals surface area contributed by atoms with Crippen molar-refractivity contribution in [1.29, 1.82) is 0 Å². The van der Waals surface area contributed by atoms with Gasteiger partial charge in [0, 0.05) is 13.8 Å². The molecule has 20 heavy (non-hydrogen) atoms. The van der Waals surface area contributed by atoms with Crippen LogP contribution in [0.1, 0.15) is 19.4 Å². The predicted octanol–water partition coefficient (Wildman–Crippen LogP) is 3.14. The fourth-order valence-electron chi connectivity index (χ4n) is 1.58. The number of rotatable bonds is 2. The zero-order valence-electron chi connectivity index (χ0n) is 10.6. The molecule has 2 rings (SSSR count). The first kappa shape index (κ1) is 15.4. The van der Waals surface area contributed by atoms with Crippen LogP contribution in [0, 0.1) is 7.14 Å². The smallest absolute Gasteiger partial charge is 0.363 e. The molecule has 1 aromatic carbocycles. The molecule has 5 nitrogen and oxygen atoms in total. The molecule has 0 saturated carbocycles. The van der Waals surface area contributed by atoms with Crippen LogP contribution in [0.2, 0.25) is 0 Å². The molecule has 104 valence electrons. The molecule has 1 aromatic rings. The maximum absolute atomic E-state index is 11.5. The lowest BCUT2D eigenvalue weighted by Gasteiger charge is -2.08. The summed E-state index contributed by atoms with van der Waals surface area (Å²) in [5.41, 5.74) is 1.05. The van der Waals surface area contributed by atoms with Gasteiger partial charge in [0.05, 0.1) is 7.14 Å². The standard InChI is InChI=1S/C13H9I2NO4/c1-6-16-11(13(18)19-6)5-8-3-9(14)12(10(15)4-8)20-7(2)17/h3-5H,1-2H3. The number of aliphatic imine (C=N–C) groups is 1. The maximum Gasteiger partial charge on any atom is 0.363 e. The van der Waals surface area contributed by atoms with E-state index in [4.69, 9.17) is 9.47 Å². The Kier molecular flexibility index (Phi) is 4.78. The molecule has 0 saturated heterocycles. The van der Waals surface area contributed by atoms with E-state index in [0.29, 0.717) is 11.6 Å². The van der Waals surface area contributed by atoms with Crippen molar-refractivity contribution in [2.75, 3.05) is 0 Å². The highest BCUT2D eigenvalue weighted by Crippen LogP contribution is 2.30. The van der Waals surface area contributed by atoms with Crippen molar-refractivity contribution in [3.05, 3.63) is 30.5 Å². The van der Waals surface area contributed by atoms with Crippen LogP contribution in [0.3, 0.4) is 0 Å². The van der Waals surface area contributed by atoms with Crippen molar-refractivity contribution in [3.8, 4) is 5.75 Å². The van der Waals surface area contributed by atoms with E-state index in [-0.39, 0.29) is 11.7 Å². The summed E-state index contributed by atoms with van der Waals surface area (Å²) in [6.07, 6.45) is 1.64. The van der Waals surface area contributed by atoms with Gasteiger partial charge >= 0.3 is 11.9 Å². The third-order valence-corrected chi connectivity index (χ3v) is 3.90. The van der Waals surface area contributed by atoms with Gasteiger partial charge in [-0.3, -0.25) is 4.79 Å². The van der Waals surface area contributed by atoms with Gasteiger partial charge in [-0.05, 0) is 69.0 Å². The van der Waals surface area contributed by atoms with Crippen LogP contribution in [0.4, 0.5) is 0 Å². The first-order valence-corrected chi connectivity index (χ1v) is 7.69. The monoisotopic (exact) mass is 497 g/mol. The van der Waals surface area contributed by atoms with E-state index in [9.17, 15) is 9.59 Å². The van der Waals surface area contributed by atoms with E-state index < -0.39 is 5.97 Å². The number of nitrogens with zero attached hydrogens (tertiary/aromatic N) is 1. The van der Waals surface area contributed by atoms with Gasteiger partial charge in [-0.1, -0.05) is 0 Å². The van der Waals surface area contributed by atoms with Crippen LogP contribution in [-0.2, 0) is 14.3 Å². The summed E-state index contributed by atoms with van der Waals surface area (Å²) >= 11 is 4.16. The summed E-state index contributed by atoms with van der Waals surface area (Å²) in [6.45, 7) is 2.98. The van der Waals surface area contributed by atoms with E-state index in [1.165, 1.54) is 6.92 Å². The number of ether oxygens (including phenoxy) is 2. The van der Waals surface area contributed by atoms with Crippen molar-refractivity contribution >= 4 is 69.1 Å². The summed E-state index contributed by atoms with van der Waals surface area (Å²) in [4.78, 5) is 26.5. The minimum absolute atomic E-state index is 0.259. The van der Waals surface area contributed by atoms with E-state index in [1.54, 1.807) is 13.0 Å². The first-order valence-electron chi connectivity index (χ1n) is 5.53. The Balaban J connectivity index is 2.38. The number of hydrogen-bond acceptors (Lipinski definition) is 5. The molecule has 0 atom stereocenters. The second-order valence-electron chi connectivity index (χ2n) is 3.96. The average molecular weight is 497 g/mol. The highest BCUT2D eigenvalue weighted by atomic mass is 127. The predicted molar refractivity (Wildman–Crippen MR) is 90.4 cm³/mol. The minimum Gasteiger partial charge on any atom is -0.424 e. The van der Waals surface area contributed by atoms with Crippen molar-refractivity contribution in [1.82, 2.24) is 0 Å². The van der Waals surface area contributed by atoms with Crippen LogP contribution in [0.15, 0.2) is 22.8 Å². The van der Waals surface area contributed by atoms with E-state index >= 15 is 0 Å². The summed E-state index contributed by atoms with van der Waals surface area (Å²) in [5, 5.41) is 0. The second-order valence-corrected chi connectivity index (χ2v) is 6.28. The lowest BCUT2D eigenvalue weighted by atomic mass is 10.2. The van der Waals surface area contributed by atoms with Gasteiger partial charge in [-0.2, -0.15) is 0 Å². The van der Waals surface area contributed by atoms with Gasteiger partial charge in [0.2, 0.25) is 0 Å². The molecular formula is C13H9I2NO4. The van der Waals surface area contributed by atoms with Crippen LogP contribution in [-0.4, -0.2) is 17.8 Å². The fraction of sp³-hybridized carbons (Fsp3) is 0.154. The Labute approximate surface area is 142 Å². The molecule has 0 aliphatic carbocycles. The van der Waals surface area contributed by atoms with E-state index in [1.807, 2.05) is 12.1 Å². The zero-order valence-corrected chi connectivity index (χ0v) is 14.9. The molecule has 0 fully saturated rings. The van der Waals surface area contributed by atoms with Gasteiger partial charge in [-0.15, -0.1) is 0 Å². The third kappa shape index (κ3) is 3.57. The highest BCUT2D eigenvalue weighted by Gasteiger charge is 2.20. The summed E-state index contributed by atoms with van der Waals surface area (Å²) in [6, 6.07) is 3.62. The van der Waals surface area contributed by atoms with Crippen LogP contribution >= 0.6 is 45.2 Å². The Morgan fingerprint density at radius 1 is 1.35 bits per heavy atom. The van der Waals surface area contributed by atoms with Gasteiger partial charge in [0.15, 0.2) is 17.3 Å². The molecule has 1 heterocycles. The number of carbonyl (C=O) groups excluding carboxylic acids is 2. The lowest BCUT2D eigenvalue weighted by Crippen LogP contribution is -2.05. The Morgan fingerprint density at radius 2 is 1.95 bits per heavy atom. The molecule has 0 bridgehead atoms. The molecule has 1 aliphatic rings. The molecule has 1 aliphatic heterocycles. The second kappa shape index (κ2) is 6.20. The Morgan fingerprint density at radius 3 is 2.40 bits per heavy atom. The van der Waals surface area contributed by atoms with E-state index in [0.717, 1.165) is 12.7 Å². The number of carbonyl (C=O) groups is 2. The number of cyclic esters (lactones) is 1. The van der Waals surface area contributed by atoms with Crippen molar-refractivity contribution in [2.24, 2.45) is 4.99 Å². The first-order chi connectivity index (χ1) is 9.36.